The highest BCUT2D eigenvalue weighted by Gasteiger charge is 2.15. The van der Waals surface area contributed by atoms with E-state index in [0.29, 0.717) is 32.3 Å². The number of halogens is 3. The highest BCUT2D eigenvalue weighted by Crippen LogP contribution is 2.27. The van der Waals surface area contributed by atoms with Crippen LogP contribution in [-0.2, 0) is 12.8 Å². The third-order valence-electron chi connectivity index (χ3n) is 3.32. The van der Waals surface area contributed by atoms with Crippen LogP contribution in [0.3, 0.4) is 0 Å². The third kappa shape index (κ3) is 3.45. The van der Waals surface area contributed by atoms with Gasteiger partial charge in [-0.25, -0.2) is 8.78 Å². The summed E-state index contributed by atoms with van der Waals surface area (Å²) in [6.07, 6.45) is 0. The van der Waals surface area contributed by atoms with Gasteiger partial charge in [-0.3, -0.25) is 0 Å². The first kappa shape index (κ1) is 16.1. The van der Waals surface area contributed by atoms with Crippen molar-refractivity contribution in [2.24, 2.45) is 7.05 Å². The minimum atomic E-state index is -0.349. The summed E-state index contributed by atoms with van der Waals surface area (Å²) in [6, 6.07) is 11.4. The van der Waals surface area contributed by atoms with Crippen LogP contribution >= 0.6 is 27.7 Å². The first-order valence-corrected chi connectivity index (χ1v) is 8.55. The molecule has 3 rings (SSSR count). The van der Waals surface area contributed by atoms with Crippen LogP contribution < -0.4 is 0 Å². The van der Waals surface area contributed by atoms with E-state index >= 15 is 0 Å². The van der Waals surface area contributed by atoms with Gasteiger partial charge in [0.2, 0.25) is 0 Å². The Kier molecular flexibility index (Phi) is 4.77. The lowest BCUT2D eigenvalue weighted by atomic mass is 10.2. The summed E-state index contributed by atoms with van der Waals surface area (Å²) in [4.78, 5) is 0. The molecule has 0 unspecified atom stereocenters. The minimum Gasteiger partial charge on any atom is -0.305 e. The molecule has 1 heterocycles. The predicted octanol–water partition coefficient (Wildman–Crippen LogP) is 4.82. The van der Waals surface area contributed by atoms with E-state index in [2.05, 4.69) is 26.1 Å². The molecule has 0 aliphatic carbocycles. The lowest BCUT2D eigenvalue weighted by Gasteiger charge is -2.05. The molecule has 0 radical (unpaired) electrons. The molecule has 0 aliphatic heterocycles. The topological polar surface area (TPSA) is 30.7 Å². The first-order valence-electron chi connectivity index (χ1n) is 6.77. The largest absolute Gasteiger partial charge is 0.305 e. The van der Waals surface area contributed by atoms with E-state index in [1.165, 1.54) is 23.9 Å². The highest BCUT2D eigenvalue weighted by atomic mass is 79.9. The Labute approximate surface area is 144 Å². The molecule has 1 aromatic heterocycles. The molecule has 0 bridgehead atoms. The van der Waals surface area contributed by atoms with Gasteiger partial charge in [-0.05, 0) is 29.8 Å². The lowest BCUT2D eigenvalue weighted by Crippen LogP contribution is -1.97. The van der Waals surface area contributed by atoms with Gasteiger partial charge in [0.1, 0.15) is 11.6 Å². The van der Waals surface area contributed by atoms with Crippen molar-refractivity contribution in [2.45, 2.75) is 10.9 Å². The van der Waals surface area contributed by atoms with Crippen molar-refractivity contribution >= 4 is 27.7 Å². The van der Waals surface area contributed by atoms with Crippen molar-refractivity contribution in [3.63, 3.8) is 0 Å². The molecule has 0 amide bonds. The van der Waals surface area contributed by atoms with Crippen molar-refractivity contribution in [1.82, 2.24) is 14.8 Å². The Morgan fingerprint density at radius 1 is 1.09 bits per heavy atom. The predicted molar refractivity (Wildman–Crippen MR) is 90.1 cm³/mol. The number of aromatic nitrogens is 3. The molecule has 23 heavy (non-hydrogen) atoms. The number of hydrogen-bond acceptors (Lipinski definition) is 3. The molecule has 0 aliphatic rings. The molecule has 7 heteroatoms. The van der Waals surface area contributed by atoms with Gasteiger partial charge in [-0.2, -0.15) is 0 Å². The zero-order valence-electron chi connectivity index (χ0n) is 12.1. The fourth-order valence-electron chi connectivity index (χ4n) is 2.10. The van der Waals surface area contributed by atoms with Crippen LogP contribution in [-0.4, -0.2) is 14.8 Å². The zero-order valence-corrected chi connectivity index (χ0v) is 14.5. The highest BCUT2D eigenvalue weighted by molar-refractivity contribution is 9.10. The van der Waals surface area contributed by atoms with Crippen LogP contribution in [0.15, 0.2) is 52.1 Å². The van der Waals surface area contributed by atoms with Gasteiger partial charge in [0.15, 0.2) is 11.0 Å². The Bertz CT molecular complexity index is 851. The van der Waals surface area contributed by atoms with Crippen molar-refractivity contribution < 1.29 is 8.78 Å². The average Bonchev–Trinajstić information content (AvgIpc) is 2.88. The zero-order chi connectivity index (χ0) is 16.4. The Balaban J connectivity index is 1.81. The fourth-order valence-corrected chi connectivity index (χ4v) is 3.33. The van der Waals surface area contributed by atoms with E-state index in [1.54, 1.807) is 41.9 Å². The number of rotatable bonds is 4. The molecule has 3 nitrogen and oxygen atoms in total. The molecule has 0 fully saturated rings. The van der Waals surface area contributed by atoms with Crippen LogP contribution in [0, 0.1) is 11.6 Å². The summed E-state index contributed by atoms with van der Waals surface area (Å²) < 4.78 is 30.1. The number of hydrogen-bond donors (Lipinski definition) is 0. The van der Waals surface area contributed by atoms with Gasteiger partial charge >= 0.3 is 0 Å². The molecular formula is C16H12BrF2N3S. The quantitative estimate of drug-likeness (QED) is 0.593. The van der Waals surface area contributed by atoms with Crippen molar-refractivity contribution in [3.05, 3.63) is 64.1 Å². The average molecular weight is 396 g/mol. The van der Waals surface area contributed by atoms with Crippen molar-refractivity contribution in [2.75, 3.05) is 0 Å². The second-order valence-electron chi connectivity index (χ2n) is 4.87. The van der Waals surface area contributed by atoms with Gasteiger partial charge in [0.05, 0.1) is 5.56 Å². The molecule has 3 aromatic rings. The maximum atomic E-state index is 13.9. The van der Waals surface area contributed by atoms with E-state index in [1.807, 2.05) is 0 Å². The molecule has 118 valence electrons. The number of thioether (sulfide) groups is 1. The molecule has 2 aromatic carbocycles. The molecule has 0 N–H and O–H groups in total. The molecule has 0 saturated heterocycles. The van der Waals surface area contributed by atoms with E-state index in [9.17, 15) is 8.78 Å². The molecule has 0 atom stereocenters. The monoisotopic (exact) mass is 395 g/mol. The number of nitrogens with zero attached hydrogens (tertiary/aromatic N) is 3. The summed E-state index contributed by atoms with van der Waals surface area (Å²) >= 11 is 4.58. The number of benzene rings is 2. The SMILES string of the molecule is Cn1c(SCc2ccc(Br)cc2F)nnc1-c1ccccc1F. The fraction of sp³-hybridized carbons (Fsp3) is 0.125. The van der Waals surface area contributed by atoms with Crippen LogP contribution in [0.25, 0.3) is 11.4 Å². The Hall–Kier alpha value is -1.73. The summed E-state index contributed by atoms with van der Waals surface area (Å²) in [6.45, 7) is 0. The first-order chi connectivity index (χ1) is 11.1. The lowest BCUT2D eigenvalue weighted by molar-refractivity contribution is 0.616. The van der Waals surface area contributed by atoms with E-state index in [-0.39, 0.29) is 11.6 Å². The normalized spacial score (nSPS) is 11.0. The van der Waals surface area contributed by atoms with Crippen LogP contribution in [0.4, 0.5) is 8.78 Å². The van der Waals surface area contributed by atoms with Crippen LogP contribution in [0.5, 0.6) is 0 Å². The maximum absolute atomic E-state index is 13.9. The summed E-state index contributed by atoms with van der Waals surface area (Å²) in [7, 11) is 1.77. The minimum absolute atomic E-state index is 0.275. The van der Waals surface area contributed by atoms with Gasteiger partial charge in [0, 0.05) is 17.3 Å². The van der Waals surface area contributed by atoms with Gasteiger partial charge in [-0.1, -0.05) is 45.9 Å². The summed E-state index contributed by atoms with van der Waals surface area (Å²) in [5, 5.41) is 8.72. The van der Waals surface area contributed by atoms with Crippen LogP contribution in [0.1, 0.15) is 5.56 Å². The van der Waals surface area contributed by atoms with E-state index in [4.69, 9.17) is 0 Å². The Morgan fingerprint density at radius 2 is 1.87 bits per heavy atom. The van der Waals surface area contributed by atoms with Crippen molar-refractivity contribution in [1.29, 1.82) is 0 Å². The maximum Gasteiger partial charge on any atom is 0.191 e. The van der Waals surface area contributed by atoms with Gasteiger partial charge in [-0.15, -0.1) is 10.2 Å². The van der Waals surface area contributed by atoms with Crippen molar-refractivity contribution in [3.8, 4) is 11.4 Å². The van der Waals surface area contributed by atoms with Gasteiger partial charge in [0.25, 0.3) is 0 Å². The smallest absolute Gasteiger partial charge is 0.191 e. The summed E-state index contributed by atoms with van der Waals surface area (Å²) in [5.41, 5.74) is 0.970. The van der Waals surface area contributed by atoms with E-state index < -0.39 is 0 Å². The van der Waals surface area contributed by atoms with Gasteiger partial charge < -0.3 is 4.57 Å². The van der Waals surface area contributed by atoms with Crippen LogP contribution in [0.2, 0.25) is 0 Å². The second kappa shape index (κ2) is 6.80. The summed E-state index contributed by atoms with van der Waals surface area (Å²) in [5.74, 6) is 0.242. The van der Waals surface area contributed by atoms with E-state index in [0.717, 1.165) is 0 Å². The Morgan fingerprint density at radius 3 is 2.61 bits per heavy atom. The third-order valence-corrected chi connectivity index (χ3v) is 4.88. The standard InChI is InChI=1S/C16H12BrF2N3S/c1-22-15(12-4-2-3-5-13(12)18)20-21-16(22)23-9-10-6-7-11(17)8-14(10)19/h2-8H,9H2,1H3. The molecule has 0 saturated carbocycles. The molecule has 0 spiro atoms. The molecular weight excluding hydrogens is 384 g/mol. The second-order valence-corrected chi connectivity index (χ2v) is 6.73.